The molecule has 0 bridgehead atoms. The number of hydrogen-bond donors (Lipinski definition) is 1. The van der Waals surface area contributed by atoms with E-state index >= 15 is 0 Å². The number of imidazole rings is 1. The zero-order valence-electron chi connectivity index (χ0n) is 12.1. The lowest BCUT2D eigenvalue weighted by Crippen LogP contribution is -2.05. The molecule has 5 heteroatoms. The summed E-state index contributed by atoms with van der Waals surface area (Å²) in [6.07, 6.45) is 1.89. The molecule has 1 N–H and O–H groups in total. The number of rotatable bonds is 4. The summed E-state index contributed by atoms with van der Waals surface area (Å²) in [6.45, 7) is 0.746. The van der Waals surface area contributed by atoms with Crippen molar-refractivity contribution in [3.05, 3.63) is 69.2 Å². The van der Waals surface area contributed by atoms with Gasteiger partial charge in [-0.1, -0.05) is 56.1 Å². The number of nitrogens with zero attached hydrogens (tertiary/aromatic N) is 2. The molecule has 0 unspecified atom stereocenters. The molecule has 1 heterocycles. The Hall–Kier alpha value is -1.59. The van der Waals surface area contributed by atoms with Crippen molar-refractivity contribution in [2.24, 2.45) is 7.05 Å². The van der Waals surface area contributed by atoms with Crippen molar-refractivity contribution in [3.8, 4) is 11.3 Å². The highest BCUT2D eigenvalue weighted by atomic mass is 79.9. The Morgan fingerprint density at radius 2 is 1.82 bits per heavy atom. The molecule has 2 aromatic carbocycles. The molecular weight excluding hydrogens is 406 g/mol. The van der Waals surface area contributed by atoms with Gasteiger partial charge in [0.05, 0.1) is 11.9 Å². The zero-order valence-corrected chi connectivity index (χ0v) is 15.2. The third-order valence-electron chi connectivity index (χ3n) is 3.47. The predicted octanol–water partition coefficient (Wildman–Crippen LogP) is 5.22. The van der Waals surface area contributed by atoms with Gasteiger partial charge in [0.2, 0.25) is 5.95 Å². The number of benzene rings is 2. The number of nitrogens with one attached hydrogen (secondary N) is 1. The van der Waals surface area contributed by atoms with Gasteiger partial charge in [0.1, 0.15) is 0 Å². The second kappa shape index (κ2) is 6.67. The van der Waals surface area contributed by atoms with E-state index in [2.05, 4.69) is 71.0 Å². The van der Waals surface area contributed by atoms with Gasteiger partial charge in [-0.15, -0.1) is 0 Å². The van der Waals surface area contributed by atoms with E-state index in [1.54, 1.807) is 0 Å². The summed E-state index contributed by atoms with van der Waals surface area (Å²) in [5.74, 6) is 0.859. The molecule has 0 fully saturated rings. The topological polar surface area (TPSA) is 29.9 Å². The van der Waals surface area contributed by atoms with Gasteiger partial charge in [-0.05, 0) is 29.8 Å². The summed E-state index contributed by atoms with van der Waals surface area (Å²) in [4.78, 5) is 4.48. The molecule has 1 aromatic heterocycles. The fourth-order valence-electron chi connectivity index (χ4n) is 2.27. The molecule has 0 radical (unpaired) electrons. The molecule has 3 nitrogen and oxygen atoms in total. The van der Waals surface area contributed by atoms with Gasteiger partial charge in [0, 0.05) is 28.1 Å². The van der Waals surface area contributed by atoms with Crippen LogP contribution in [-0.2, 0) is 13.6 Å². The van der Waals surface area contributed by atoms with Crippen molar-refractivity contribution in [3.63, 3.8) is 0 Å². The molecule has 3 aromatic rings. The van der Waals surface area contributed by atoms with E-state index in [9.17, 15) is 0 Å². The summed E-state index contributed by atoms with van der Waals surface area (Å²) >= 11 is 6.96. The third kappa shape index (κ3) is 3.42. The molecule has 0 amide bonds. The first-order valence-electron chi connectivity index (χ1n) is 6.89. The average molecular weight is 421 g/mol. The van der Waals surface area contributed by atoms with Crippen LogP contribution in [0.1, 0.15) is 5.56 Å². The van der Waals surface area contributed by atoms with Crippen LogP contribution in [0.3, 0.4) is 0 Å². The van der Waals surface area contributed by atoms with Crippen LogP contribution in [0.15, 0.2) is 63.7 Å². The van der Waals surface area contributed by atoms with Crippen LogP contribution in [-0.4, -0.2) is 9.55 Å². The summed E-state index contributed by atoms with van der Waals surface area (Å²) < 4.78 is 4.22. The Kier molecular flexibility index (Phi) is 4.64. The molecule has 0 spiro atoms. The minimum Gasteiger partial charge on any atom is -0.352 e. The maximum absolute atomic E-state index is 4.48. The Balaban J connectivity index is 1.77. The first kappa shape index (κ1) is 15.3. The van der Waals surface area contributed by atoms with Crippen molar-refractivity contribution in [1.29, 1.82) is 0 Å². The Labute approximate surface area is 146 Å². The smallest absolute Gasteiger partial charge is 0.203 e. The average Bonchev–Trinajstić information content (AvgIpc) is 2.88. The molecular formula is C17H15Br2N3. The van der Waals surface area contributed by atoms with Crippen LogP contribution >= 0.6 is 31.9 Å². The second-order valence-electron chi connectivity index (χ2n) is 5.02. The van der Waals surface area contributed by atoms with Gasteiger partial charge < -0.3 is 9.88 Å². The summed E-state index contributed by atoms with van der Waals surface area (Å²) in [7, 11) is 2.02. The highest BCUT2D eigenvalue weighted by Crippen LogP contribution is 2.25. The van der Waals surface area contributed by atoms with Gasteiger partial charge in [-0.2, -0.15) is 0 Å². The van der Waals surface area contributed by atoms with Crippen molar-refractivity contribution in [1.82, 2.24) is 9.55 Å². The van der Waals surface area contributed by atoms with Crippen molar-refractivity contribution in [2.75, 3.05) is 5.32 Å². The maximum atomic E-state index is 4.48. The van der Waals surface area contributed by atoms with Crippen LogP contribution < -0.4 is 5.32 Å². The molecule has 0 aliphatic carbocycles. The summed E-state index contributed by atoms with van der Waals surface area (Å²) in [5.41, 5.74) is 3.44. The number of anilines is 1. The number of halogens is 2. The van der Waals surface area contributed by atoms with E-state index in [4.69, 9.17) is 0 Å². The van der Waals surface area contributed by atoms with Gasteiger partial charge >= 0.3 is 0 Å². The van der Waals surface area contributed by atoms with E-state index in [1.165, 1.54) is 5.56 Å². The lowest BCUT2D eigenvalue weighted by molar-refractivity contribution is 0.906. The maximum Gasteiger partial charge on any atom is 0.203 e. The molecule has 0 atom stereocenters. The fraction of sp³-hybridized carbons (Fsp3) is 0.118. The summed E-state index contributed by atoms with van der Waals surface area (Å²) in [6, 6.07) is 16.5. The van der Waals surface area contributed by atoms with Crippen LogP contribution in [0, 0.1) is 0 Å². The van der Waals surface area contributed by atoms with Gasteiger partial charge in [-0.25, -0.2) is 4.98 Å². The van der Waals surface area contributed by atoms with Crippen molar-refractivity contribution >= 4 is 37.8 Å². The van der Waals surface area contributed by atoms with E-state index in [0.717, 1.165) is 32.7 Å². The normalized spacial score (nSPS) is 10.7. The minimum absolute atomic E-state index is 0.746. The highest BCUT2D eigenvalue weighted by Gasteiger charge is 2.08. The van der Waals surface area contributed by atoms with E-state index < -0.39 is 0 Å². The lowest BCUT2D eigenvalue weighted by Gasteiger charge is -2.09. The van der Waals surface area contributed by atoms with E-state index in [1.807, 2.05) is 37.5 Å². The molecule has 3 rings (SSSR count). The molecule has 22 heavy (non-hydrogen) atoms. The molecule has 0 saturated carbocycles. The second-order valence-corrected chi connectivity index (χ2v) is 6.85. The molecule has 0 aliphatic rings. The quantitative estimate of drug-likeness (QED) is 0.626. The van der Waals surface area contributed by atoms with Crippen LogP contribution in [0.25, 0.3) is 11.3 Å². The number of aromatic nitrogens is 2. The van der Waals surface area contributed by atoms with Crippen molar-refractivity contribution in [2.45, 2.75) is 6.54 Å². The monoisotopic (exact) mass is 419 g/mol. The summed E-state index contributed by atoms with van der Waals surface area (Å²) in [5, 5.41) is 3.38. The SMILES string of the molecule is Cn1c(-c2cccc(Br)c2)cnc1NCc1ccc(Br)cc1. The highest BCUT2D eigenvalue weighted by molar-refractivity contribution is 9.10. The van der Waals surface area contributed by atoms with Crippen LogP contribution in [0.2, 0.25) is 0 Å². The molecule has 0 saturated heterocycles. The Morgan fingerprint density at radius 1 is 1.05 bits per heavy atom. The minimum atomic E-state index is 0.746. The number of hydrogen-bond acceptors (Lipinski definition) is 2. The Morgan fingerprint density at radius 3 is 2.55 bits per heavy atom. The first-order chi connectivity index (χ1) is 10.6. The standard InChI is InChI=1S/C17H15Br2N3/c1-22-16(13-3-2-4-15(19)9-13)11-21-17(22)20-10-12-5-7-14(18)8-6-12/h2-9,11H,10H2,1H3,(H,20,21). The Bertz CT molecular complexity index is 779. The predicted molar refractivity (Wildman–Crippen MR) is 97.8 cm³/mol. The largest absolute Gasteiger partial charge is 0.352 e. The van der Waals surface area contributed by atoms with E-state index in [-0.39, 0.29) is 0 Å². The van der Waals surface area contributed by atoms with Gasteiger partial charge in [0.25, 0.3) is 0 Å². The van der Waals surface area contributed by atoms with Gasteiger partial charge in [-0.3, -0.25) is 0 Å². The van der Waals surface area contributed by atoms with E-state index in [0.29, 0.717) is 0 Å². The molecule has 0 aliphatic heterocycles. The van der Waals surface area contributed by atoms with Crippen molar-refractivity contribution < 1.29 is 0 Å². The van der Waals surface area contributed by atoms with Crippen LogP contribution in [0.4, 0.5) is 5.95 Å². The first-order valence-corrected chi connectivity index (χ1v) is 8.48. The third-order valence-corrected chi connectivity index (χ3v) is 4.49. The van der Waals surface area contributed by atoms with Gasteiger partial charge in [0.15, 0.2) is 0 Å². The zero-order chi connectivity index (χ0) is 15.5. The lowest BCUT2D eigenvalue weighted by atomic mass is 10.2. The molecule has 112 valence electrons. The van der Waals surface area contributed by atoms with Crippen LogP contribution in [0.5, 0.6) is 0 Å². The fourth-order valence-corrected chi connectivity index (χ4v) is 2.94.